The van der Waals surface area contributed by atoms with Gasteiger partial charge in [-0.2, -0.15) is 5.26 Å². The Kier molecular flexibility index (Phi) is 3.43. The third-order valence-corrected chi connectivity index (χ3v) is 1.55. The van der Waals surface area contributed by atoms with Gasteiger partial charge in [0.05, 0.1) is 11.7 Å². The molecule has 4 heteroatoms. The van der Waals surface area contributed by atoms with E-state index in [0.717, 1.165) is 6.07 Å². The molecule has 0 aromatic heterocycles. The zero-order valence-corrected chi connectivity index (χ0v) is 7.70. The number of hydrogen-bond donors (Lipinski definition) is 1. The van der Waals surface area contributed by atoms with Crippen LogP contribution in [-0.4, -0.2) is 17.8 Å². The summed E-state index contributed by atoms with van der Waals surface area (Å²) in [5.41, 5.74) is -0.0191. The SMILES string of the molecule is C[C@H](O)COc1ccc(C#N)c(F)c1. The average molecular weight is 195 g/mol. The molecule has 1 N–H and O–H groups in total. The Balaban J connectivity index is 2.73. The highest BCUT2D eigenvalue weighted by molar-refractivity contribution is 5.36. The number of benzene rings is 1. The van der Waals surface area contributed by atoms with E-state index in [9.17, 15) is 4.39 Å². The number of hydrogen-bond acceptors (Lipinski definition) is 3. The molecule has 1 atom stereocenters. The molecule has 0 radical (unpaired) electrons. The number of nitrogens with zero attached hydrogens (tertiary/aromatic N) is 1. The predicted octanol–water partition coefficient (Wildman–Crippen LogP) is 1.46. The molecule has 3 nitrogen and oxygen atoms in total. The largest absolute Gasteiger partial charge is 0.491 e. The number of halogens is 1. The smallest absolute Gasteiger partial charge is 0.144 e. The summed E-state index contributed by atoms with van der Waals surface area (Å²) in [6.07, 6.45) is -0.603. The van der Waals surface area contributed by atoms with Gasteiger partial charge in [0.1, 0.15) is 24.2 Å². The molecule has 0 spiro atoms. The second kappa shape index (κ2) is 4.58. The van der Waals surface area contributed by atoms with E-state index < -0.39 is 11.9 Å². The summed E-state index contributed by atoms with van der Waals surface area (Å²) in [5.74, 6) is -0.307. The van der Waals surface area contributed by atoms with Gasteiger partial charge in [-0.3, -0.25) is 0 Å². The van der Waals surface area contributed by atoms with Crippen LogP contribution in [-0.2, 0) is 0 Å². The topological polar surface area (TPSA) is 53.2 Å². The number of nitriles is 1. The maximum absolute atomic E-state index is 13.0. The molecule has 1 rings (SSSR count). The lowest BCUT2D eigenvalue weighted by atomic mass is 10.2. The lowest BCUT2D eigenvalue weighted by Gasteiger charge is -2.07. The maximum Gasteiger partial charge on any atom is 0.144 e. The molecular formula is C10H10FNO2. The number of rotatable bonds is 3. The van der Waals surface area contributed by atoms with Crippen LogP contribution in [0.4, 0.5) is 4.39 Å². The van der Waals surface area contributed by atoms with Gasteiger partial charge < -0.3 is 9.84 Å². The first kappa shape index (κ1) is 10.5. The minimum Gasteiger partial charge on any atom is -0.491 e. The molecular weight excluding hydrogens is 185 g/mol. The summed E-state index contributed by atoms with van der Waals surface area (Å²) >= 11 is 0. The van der Waals surface area contributed by atoms with Crippen molar-refractivity contribution in [2.24, 2.45) is 0 Å². The number of ether oxygens (including phenoxy) is 1. The van der Waals surface area contributed by atoms with Crippen LogP contribution in [0.5, 0.6) is 5.75 Å². The standard InChI is InChI=1S/C10H10FNO2/c1-7(13)6-14-9-3-2-8(5-12)10(11)4-9/h2-4,7,13H,6H2,1H3/t7-/m0/s1. The molecule has 1 aromatic rings. The van der Waals surface area contributed by atoms with E-state index in [4.69, 9.17) is 15.1 Å². The Hall–Kier alpha value is -1.60. The predicted molar refractivity (Wildman–Crippen MR) is 48.3 cm³/mol. The zero-order chi connectivity index (χ0) is 10.6. The van der Waals surface area contributed by atoms with Gasteiger partial charge in [-0.15, -0.1) is 0 Å². The van der Waals surface area contributed by atoms with Crippen LogP contribution >= 0.6 is 0 Å². The Bertz CT molecular complexity index is 358. The molecule has 0 aliphatic heterocycles. The van der Waals surface area contributed by atoms with Crippen molar-refractivity contribution in [2.75, 3.05) is 6.61 Å². The normalized spacial score (nSPS) is 11.9. The first-order valence-electron chi connectivity index (χ1n) is 4.14. The first-order valence-corrected chi connectivity index (χ1v) is 4.14. The second-order valence-electron chi connectivity index (χ2n) is 2.91. The second-order valence-corrected chi connectivity index (χ2v) is 2.91. The van der Waals surface area contributed by atoms with Gasteiger partial charge in [-0.25, -0.2) is 4.39 Å². The van der Waals surface area contributed by atoms with Crippen LogP contribution in [0, 0.1) is 17.1 Å². The molecule has 1 aromatic carbocycles. The molecule has 0 aliphatic rings. The van der Waals surface area contributed by atoms with Crippen molar-refractivity contribution in [1.82, 2.24) is 0 Å². The lowest BCUT2D eigenvalue weighted by molar-refractivity contribution is 0.122. The Morgan fingerprint density at radius 3 is 2.86 bits per heavy atom. The van der Waals surface area contributed by atoms with Gasteiger partial charge >= 0.3 is 0 Å². The Labute approximate surface area is 81.4 Å². The van der Waals surface area contributed by atoms with Gasteiger partial charge in [0.2, 0.25) is 0 Å². The molecule has 0 unspecified atom stereocenters. The zero-order valence-electron chi connectivity index (χ0n) is 7.70. The van der Waals surface area contributed by atoms with Crippen LogP contribution < -0.4 is 4.74 Å². The molecule has 0 bridgehead atoms. The van der Waals surface area contributed by atoms with Gasteiger partial charge in [0.25, 0.3) is 0 Å². The third-order valence-electron chi connectivity index (χ3n) is 1.55. The Morgan fingerprint density at radius 2 is 2.36 bits per heavy atom. The van der Waals surface area contributed by atoms with Crippen molar-refractivity contribution < 1.29 is 14.2 Å². The van der Waals surface area contributed by atoms with Crippen molar-refractivity contribution in [3.63, 3.8) is 0 Å². The van der Waals surface area contributed by atoms with Crippen molar-refractivity contribution in [1.29, 1.82) is 5.26 Å². The first-order chi connectivity index (χ1) is 6.63. The van der Waals surface area contributed by atoms with Crippen LogP contribution in [0.15, 0.2) is 18.2 Å². The van der Waals surface area contributed by atoms with Gasteiger partial charge in [0.15, 0.2) is 0 Å². The minimum absolute atomic E-state index is 0.0191. The van der Waals surface area contributed by atoms with E-state index in [-0.39, 0.29) is 12.2 Å². The maximum atomic E-state index is 13.0. The van der Waals surface area contributed by atoms with Crippen molar-refractivity contribution in [3.05, 3.63) is 29.6 Å². The summed E-state index contributed by atoms with van der Waals surface area (Å²) in [6.45, 7) is 1.67. The number of aliphatic hydroxyl groups is 1. The van der Waals surface area contributed by atoms with E-state index in [2.05, 4.69) is 0 Å². The monoisotopic (exact) mass is 195 g/mol. The van der Waals surface area contributed by atoms with Crippen LogP contribution in [0.2, 0.25) is 0 Å². The fourth-order valence-corrected chi connectivity index (χ4v) is 0.893. The lowest BCUT2D eigenvalue weighted by Crippen LogP contribution is -2.12. The highest BCUT2D eigenvalue weighted by atomic mass is 19.1. The van der Waals surface area contributed by atoms with E-state index in [1.165, 1.54) is 12.1 Å². The molecule has 0 fully saturated rings. The average Bonchev–Trinajstić information content (AvgIpc) is 2.15. The molecule has 0 amide bonds. The molecule has 0 aliphatic carbocycles. The van der Waals surface area contributed by atoms with Crippen molar-refractivity contribution in [3.8, 4) is 11.8 Å². The van der Waals surface area contributed by atoms with Gasteiger partial charge in [-0.05, 0) is 19.1 Å². The summed E-state index contributed by atoms with van der Waals surface area (Å²) in [6, 6.07) is 5.66. The third kappa shape index (κ3) is 2.71. The number of aliphatic hydroxyl groups excluding tert-OH is 1. The molecule has 74 valence electrons. The van der Waals surface area contributed by atoms with Crippen LogP contribution in [0.3, 0.4) is 0 Å². The summed E-state index contributed by atoms with van der Waals surface area (Å²) in [5, 5.41) is 17.4. The van der Waals surface area contributed by atoms with E-state index in [1.807, 2.05) is 0 Å². The summed E-state index contributed by atoms with van der Waals surface area (Å²) in [7, 11) is 0. The van der Waals surface area contributed by atoms with E-state index in [1.54, 1.807) is 13.0 Å². The molecule has 0 saturated carbocycles. The fourth-order valence-electron chi connectivity index (χ4n) is 0.893. The van der Waals surface area contributed by atoms with E-state index >= 15 is 0 Å². The van der Waals surface area contributed by atoms with Gasteiger partial charge in [0, 0.05) is 6.07 Å². The summed E-state index contributed by atoms with van der Waals surface area (Å²) in [4.78, 5) is 0. The van der Waals surface area contributed by atoms with Crippen LogP contribution in [0.1, 0.15) is 12.5 Å². The van der Waals surface area contributed by atoms with E-state index in [0.29, 0.717) is 5.75 Å². The quantitative estimate of drug-likeness (QED) is 0.794. The van der Waals surface area contributed by atoms with Gasteiger partial charge in [-0.1, -0.05) is 0 Å². The molecule has 0 heterocycles. The van der Waals surface area contributed by atoms with Crippen molar-refractivity contribution >= 4 is 0 Å². The highest BCUT2D eigenvalue weighted by Gasteiger charge is 2.04. The highest BCUT2D eigenvalue weighted by Crippen LogP contribution is 2.15. The minimum atomic E-state index is -0.615. The van der Waals surface area contributed by atoms with Crippen LogP contribution in [0.25, 0.3) is 0 Å². The molecule has 0 saturated heterocycles. The molecule has 14 heavy (non-hydrogen) atoms. The Morgan fingerprint density at radius 1 is 1.64 bits per heavy atom. The van der Waals surface area contributed by atoms with Crippen molar-refractivity contribution in [2.45, 2.75) is 13.0 Å². The summed E-state index contributed by atoms with van der Waals surface area (Å²) < 4.78 is 18.1. The fraction of sp³-hybridized carbons (Fsp3) is 0.300.